The Morgan fingerprint density at radius 1 is 1.50 bits per heavy atom. The van der Waals surface area contributed by atoms with E-state index in [2.05, 4.69) is 5.32 Å². The molecule has 5 heteroatoms. The summed E-state index contributed by atoms with van der Waals surface area (Å²) in [5.41, 5.74) is 0. The van der Waals surface area contributed by atoms with Gasteiger partial charge in [-0.25, -0.2) is 4.79 Å². The topological polar surface area (TPSA) is 69.6 Å². The Balaban J connectivity index is 0. The van der Waals surface area contributed by atoms with Crippen molar-refractivity contribution >= 4 is 11.9 Å². The molecule has 14 heavy (non-hydrogen) atoms. The minimum atomic E-state index is -0.986. The first-order chi connectivity index (χ1) is 6.00. The van der Waals surface area contributed by atoms with Gasteiger partial charge in [0.2, 0.25) is 5.91 Å². The number of likely N-dealkylation sites (N-methyl/N-ethyl adjacent to an activating group) is 1. The van der Waals surface area contributed by atoms with Gasteiger partial charge in [-0.1, -0.05) is 7.43 Å². The first kappa shape index (κ1) is 15.4. The van der Waals surface area contributed by atoms with Gasteiger partial charge in [0.05, 0.1) is 0 Å². The number of nitrogens with zero attached hydrogens (tertiary/aromatic N) is 1. The minimum absolute atomic E-state index is 0. The number of hydrogen-bond donors (Lipinski definition) is 2. The fourth-order valence-corrected chi connectivity index (χ4v) is 0.790. The van der Waals surface area contributed by atoms with E-state index in [0.717, 1.165) is 0 Å². The zero-order chi connectivity index (χ0) is 10.4. The van der Waals surface area contributed by atoms with Crippen molar-refractivity contribution in [3.8, 4) is 0 Å². The first-order valence-electron chi connectivity index (χ1n) is 4.13. The molecular weight excluding hydrogens is 184 g/mol. The van der Waals surface area contributed by atoms with Gasteiger partial charge in [0.1, 0.15) is 6.04 Å². The van der Waals surface area contributed by atoms with Crippen LogP contribution in [0.1, 0.15) is 20.8 Å². The Bertz CT molecular complexity index is 194. The van der Waals surface area contributed by atoms with Crippen molar-refractivity contribution in [2.24, 2.45) is 0 Å². The zero-order valence-electron chi connectivity index (χ0n) is 8.20. The third-order valence-corrected chi connectivity index (χ3v) is 1.92. The highest BCUT2D eigenvalue weighted by Gasteiger charge is 2.20. The van der Waals surface area contributed by atoms with Crippen LogP contribution in [0.25, 0.3) is 0 Å². The molecule has 0 aromatic carbocycles. The van der Waals surface area contributed by atoms with E-state index >= 15 is 0 Å². The molecule has 5 nitrogen and oxygen atoms in total. The molecule has 2 N–H and O–H groups in total. The first-order valence-corrected chi connectivity index (χ1v) is 4.13. The summed E-state index contributed by atoms with van der Waals surface area (Å²) in [7, 11) is 3.24. The summed E-state index contributed by atoms with van der Waals surface area (Å²) in [5, 5.41) is 11.4. The lowest BCUT2D eigenvalue weighted by atomic mass is 10.2. The van der Waals surface area contributed by atoms with Crippen molar-refractivity contribution in [2.45, 2.75) is 26.8 Å². The van der Waals surface area contributed by atoms with Crippen LogP contribution in [0.2, 0.25) is 0 Å². The largest absolute Gasteiger partial charge is 0.480 e. The van der Waals surface area contributed by atoms with Gasteiger partial charge in [-0.15, -0.1) is 0 Å². The van der Waals surface area contributed by atoms with Gasteiger partial charge < -0.3 is 15.3 Å². The second-order valence-electron chi connectivity index (χ2n) is 2.87. The number of hydrogen-bond acceptors (Lipinski definition) is 3. The van der Waals surface area contributed by atoms with Gasteiger partial charge in [0.25, 0.3) is 0 Å². The average molecular weight is 204 g/mol. The van der Waals surface area contributed by atoms with Gasteiger partial charge in [0, 0.05) is 20.0 Å². The number of carbonyl (C=O) groups excluding carboxylic acids is 1. The normalized spacial score (nSPS) is 11.4. The molecule has 1 amide bonds. The van der Waals surface area contributed by atoms with Crippen LogP contribution in [-0.2, 0) is 9.59 Å². The molecule has 0 rings (SSSR count). The van der Waals surface area contributed by atoms with Crippen LogP contribution in [-0.4, -0.2) is 48.6 Å². The van der Waals surface area contributed by atoms with E-state index in [-0.39, 0.29) is 13.3 Å². The second kappa shape index (κ2) is 7.32. The fraction of sp³-hybridized carbons (Fsp3) is 0.778. The SMILES string of the molecule is C.CNCCC(=O)N(C)[C@@H](C)C(=O)O. The molecular formula is C9H20N2O3. The van der Waals surface area contributed by atoms with E-state index in [1.54, 1.807) is 7.05 Å². The fourth-order valence-electron chi connectivity index (χ4n) is 0.790. The molecule has 0 fully saturated rings. The van der Waals surface area contributed by atoms with Crippen molar-refractivity contribution in [1.82, 2.24) is 10.2 Å². The Hall–Kier alpha value is -1.10. The molecule has 0 unspecified atom stereocenters. The summed E-state index contributed by atoms with van der Waals surface area (Å²) in [6, 6.07) is -0.760. The zero-order valence-corrected chi connectivity index (χ0v) is 8.20. The van der Waals surface area contributed by atoms with Crippen molar-refractivity contribution in [1.29, 1.82) is 0 Å². The van der Waals surface area contributed by atoms with E-state index in [1.165, 1.54) is 18.9 Å². The number of carboxylic acid groups (broad SMARTS) is 1. The van der Waals surface area contributed by atoms with Crippen molar-refractivity contribution in [3.05, 3.63) is 0 Å². The standard InChI is InChI=1S/C8H16N2O3.CH4/c1-6(8(12)13)10(3)7(11)4-5-9-2;/h6,9H,4-5H2,1-3H3,(H,12,13);1H4/t6-;/m0./s1. The molecule has 84 valence electrons. The molecule has 0 aromatic heterocycles. The number of nitrogens with one attached hydrogen (secondary N) is 1. The van der Waals surface area contributed by atoms with Crippen LogP contribution in [0.4, 0.5) is 0 Å². The van der Waals surface area contributed by atoms with Crippen LogP contribution in [0.15, 0.2) is 0 Å². The predicted molar refractivity (Wildman–Crippen MR) is 55.1 cm³/mol. The van der Waals surface area contributed by atoms with Crippen LogP contribution < -0.4 is 5.32 Å². The van der Waals surface area contributed by atoms with Crippen LogP contribution in [0.5, 0.6) is 0 Å². The molecule has 0 aliphatic heterocycles. The van der Waals surface area contributed by atoms with Crippen molar-refractivity contribution in [3.63, 3.8) is 0 Å². The van der Waals surface area contributed by atoms with Gasteiger partial charge in [-0.2, -0.15) is 0 Å². The van der Waals surface area contributed by atoms with E-state index < -0.39 is 12.0 Å². The summed E-state index contributed by atoms with van der Waals surface area (Å²) in [5.74, 6) is -1.15. The second-order valence-corrected chi connectivity index (χ2v) is 2.87. The lowest BCUT2D eigenvalue weighted by Gasteiger charge is -2.21. The Labute approximate surface area is 85.1 Å². The number of carbonyl (C=O) groups is 2. The molecule has 0 radical (unpaired) electrons. The maximum Gasteiger partial charge on any atom is 0.326 e. The molecule has 0 heterocycles. The van der Waals surface area contributed by atoms with E-state index in [4.69, 9.17) is 5.11 Å². The van der Waals surface area contributed by atoms with Gasteiger partial charge in [-0.3, -0.25) is 4.79 Å². The number of carboxylic acids is 1. The maximum atomic E-state index is 11.3. The molecule has 0 aliphatic rings. The van der Waals surface area contributed by atoms with E-state index in [1.807, 2.05) is 0 Å². The Morgan fingerprint density at radius 3 is 2.36 bits per heavy atom. The monoisotopic (exact) mass is 204 g/mol. The quantitative estimate of drug-likeness (QED) is 0.669. The summed E-state index contributed by atoms with van der Waals surface area (Å²) in [6.45, 7) is 2.05. The number of rotatable bonds is 5. The maximum absolute atomic E-state index is 11.3. The molecule has 0 saturated heterocycles. The minimum Gasteiger partial charge on any atom is -0.480 e. The molecule has 0 aromatic rings. The van der Waals surface area contributed by atoms with E-state index in [0.29, 0.717) is 13.0 Å². The third kappa shape index (κ3) is 4.81. The predicted octanol–water partition coefficient (Wildman–Crippen LogP) is 0.164. The smallest absolute Gasteiger partial charge is 0.326 e. The Kier molecular flexibility index (Phi) is 8.04. The highest BCUT2D eigenvalue weighted by Crippen LogP contribution is 1.98. The van der Waals surface area contributed by atoms with Gasteiger partial charge in [0.15, 0.2) is 0 Å². The molecule has 0 bridgehead atoms. The highest BCUT2D eigenvalue weighted by molar-refractivity contribution is 5.83. The number of amides is 1. The van der Waals surface area contributed by atoms with Gasteiger partial charge in [-0.05, 0) is 14.0 Å². The summed E-state index contributed by atoms with van der Waals surface area (Å²) >= 11 is 0. The van der Waals surface area contributed by atoms with Crippen molar-refractivity contribution in [2.75, 3.05) is 20.6 Å². The lowest BCUT2D eigenvalue weighted by Crippen LogP contribution is -2.41. The Morgan fingerprint density at radius 2 is 2.00 bits per heavy atom. The molecule has 0 spiro atoms. The highest BCUT2D eigenvalue weighted by atomic mass is 16.4. The summed E-state index contributed by atoms with van der Waals surface area (Å²) in [4.78, 5) is 23.0. The summed E-state index contributed by atoms with van der Waals surface area (Å²) in [6.07, 6.45) is 0.324. The van der Waals surface area contributed by atoms with Gasteiger partial charge >= 0.3 is 5.97 Å². The lowest BCUT2D eigenvalue weighted by molar-refractivity contribution is -0.148. The molecule has 0 saturated carbocycles. The van der Waals surface area contributed by atoms with Crippen LogP contribution in [0.3, 0.4) is 0 Å². The third-order valence-electron chi connectivity index (χ3n) is 1.92. The number of aliphatic carboxylic acids is 1. The molecule has 0 aliphatic carbocycles. The molecule has 1 atom stereocenters. The van der Waals surface area contributed by atoms with Crippen LogP contribution in [0, 0.1) is 0 Å². The summed E-state index contributed by atoms with van der Waals surface area (Å²) < 4.78 is 0. The van der Waals surface area contributed by atoms with Crippen LogP contribution >= 0.6 is 0 Å². The van der Waals surface area contributed by atoms with Crippen molar-refractivity contribution < 1.29 is 14.7 Å². The average Bonchev–Trinajstić information content (AvgIpc) is 2.11. The van der Waals surface area contributed by atoms with E-state index in [9.17, 15) is 9.59 Å².